The molecule has 3 heteroatoms. The molecule has 0 bridgehead atoms. The summed E-state index contributed by atoms with van der Waals surface area (Å²) < 4.78 is 11.1. The summed E-state index contributed by atoms with van der Waals surface area (Å²) in [7, 11) is 0. The van der Waals surface area contributed by atoms with Crippen LogP contribution in [0.2, 0.25) is 0 Å². The molecular formula is C19H19NO2. The van der Waals surface area contributed by atoms with Crippen molar-refractivity contribution >= 4 is 16.5 Å². The topological polar surface area (TPSA) is 25.6 Å². The molecule has 1 fully saturated rings. The van der Waals surface area contributed by atoms with E-state index >= 15 is 0 Å². The van der Waals surface area contributed by atoms with E-state index in [4.69, 9.17) is 9.15 Å². The van der Waals surface area contributed by atoms with Crippen LogP contribution in [0.5, 0.6) is 0 Å². The fourth-order valence-electron chi connectivity index (χ4n) is 2.95. The van der Waals surface area contributed by atoms with Gasteiger partial charge in [-0.1, -0.05) is 30.3 Å². The van der Waals surface area contributed by atoms with Gasteiger partial charge in [-0.25, -0.2) is 0 Å². The first-order chi connectivity index (χ1) is 10.9. The van der Waals surface area contributed by atoms with Gasteiger partial charge in [-0.2, -0.15) is 0 Å². The molecule has 1 saturated heterocycles. The largest absolute Gasteiger partial charge is 0.471 e. The first kappa shape index (κ1) is 13.4. The smallest absolute Gasteiger partial charge is 0.0982 e. The highest BCUT2D eigenvalue weighted by Gasteiger charge is 2.27. The first-order valence-electron chi connectivity index (χ1n) is 7.71. The zero-order valence-electron chi connectivity index (χ0n) is 12.4. The van der Waals surface area contributed by atoms with Crippen molar-refractivity contribution in [3.05, 3.63) is 66.6 Å². The number of ether oxygens (including phenoxy) is 1. The van der Waals surface area contributed by atoms with E-state index in [1.807, 2.05) is 6.07 Å². The van der Waals surface area contributed by atoms with Crippen molar-refractivity contribution in [2.24, 2.45) is 5.92 Å². The van der Waals surface area contributed by atoms with Crippen LogP contribution in [0, 0.1) is 5.92 Å². The Bertz CT molecular complexity index is 744. The predicted octanol–water partition coefficient (Wildman–Crippen LogP) is 4.09. The fourth-order valence-corrected chi connectivity index (χ4v) is 2.95. The van der Waals surface area contributed by atoms with Crippen LogP contribution in [0.4, 0.5) is 5.69 Å². The molecule has 0 saturated carbocycles. The molecule has 3 nitrogen and oxygen atoms in total. The third-order valence-corrected chi connectivity index (χ3v) is 4.25. The molecule has 0 unspecified atom stereocenters. The summed E-state index contributed by atoms with van der Waals surface area (Å²) in [6.07, 6.45) is 3.59. The Labute approximate surface area is 130 Å². The van der Waals surface area contributed by atoms with Crippen molar-refractivity contribution in [3.8, 4) is 0 Å². The van der Waals surface area contributed by atoms with E-state index in [1.54, 1.807) is 12.5 Å². The Morgan fingerprint density at radius 2 is 1.82 bits per heavy atom. The zero-order valence-corrected chi connectivity index (χ0v) is 12.4. The quantitative estimate of drug-likeness (QED) is 0.708. The van der Waals surface area contributed by atoms with Crippen LogP contribution in [-0.2, 0) is 11.3 Å². The molecule has 1 aliphatic rings. The van der Waals surface area contributed by atoms with Crippen molar-refractivity contribution in [3.63, 3.8) is 0 Å². The molecule has 2 aromatic carbocycles. The van der Waals surface area contributed by atoms with Crippen LogP contribution < -0.4 is 4.90 Å². The lowest BCUT2D eigenvalue weighted by Crippen LogP contribution is -2.48. The van der Waals surface area contributed by atoms with Gasteiger partial charge in [0.2, 0.25) is 0 Å². The number of hydrogen-bond acceptors (Lipinski definition) is 3. The molecule has 22 heavy (non-hydrogen) atoms. The third kappa shape index (κ3) is 2.72. The van der Waals surface area contributed by atoms with E-state index in [0.717, 1.165) is 25.1 Å². The SMILES string of the molecule is c1ccc(COCC2CN(c3ccc4cocc4c3)C2)cc1. The number of fused-ring (bicyclic) bond motifs is 1. The molecule has 0 amide bonds. The molecule has 0 radical (unpaired) electrons. The van der Waals surface area contributed by atoms with Gasteiger partial charge < -0.3 is 14.1 Å². The van der Waals surface area contributed by atoms with E-state index in [9.17, 15) is 0 Å². The minimum atomic E-state index is 0.628. The van der Waals surface area contributed by atoms with Crippen LogP contribution in [0.15, 0.2) is 65.5 Å². The predicted molar refractivity (Wildman–Crippen MR) is 88.0 cm³/mol. The van der Waals surface area contributed by atoms with Crippen LogP contribution in [0.3, 0.4) is 0 Å². The summed E-state index contributed by atoms with van der Waals surface area (Å²) in [5, 5.41) is 2.33. The molecule has 0 N–H and O–H groups in total. The minimum absolute atomic E-state index is 0.628. The summed E-state index contributed by atoms with van der Waals surface area (Å²) in [5.74, 6) is 0.628. The lowest BCUT2D eigenvalue weighted by molar-refractivity contribution is 0.0773. The summed E-state index contributed by atoms with van der Waals surface area (Å²) in [6.45, 7) is 3.67. The molecule has 1 aliphatic heterocycles. The highest BCUT2D eigenvalue weighted by molar-refractivity contribution is 5.84. The van der Waals surface area contributed by atoms with Crippen molar-refractivity contribution in [2.75, 3.05) is 24.6 Å². The molecule has 4 rings (SSSR count). The number of furan rings is 1. The molecule has 0 aliphatic carbocycles. The Kier molecular flexibility index (Phi) is 3.57. The van der Waals surface area contributed by atoms with Crippen molar-refractivity contribution < 1.29 is 9.15 Å². The van der Waals surface area contributed by atoms with E-state index in [1.165, 1.54) is 16.6 Å². The highest BCUT2D eigenvalue weighted by Crippen LogP contribution is 2.28. The van der Waals surface area contributed by atoms with Gasteiger partial charge in [0.05, 0.1) is 25.7 Å². The number of benzene rings is 2. The average Bonchev–Trinajstić information content (AvgIpc) is 2.98. The van der Waals surface area contributed by atoms with Gasteiger partial charge >= 0.3 is 0 Å². The minimum Gasteiger partial charge on any atom is -0.471 e. The maximum Gasteiger partial charge on any atom is 0.0982 e. The lowest BCUT2D eigenvalue weighted by atomic mass is 10.00. The Morgan fingerprint density at radius 3 is 2.68 bits per heavy atom. The Hall–Kier alpha value is -2.26. The van der Waals surface area contributed by atoms with E-state index < -0.39 is 0 Å². The Balaban J connectivity index is 1.27. The molecule has 2 heterocycles. The van der Waals surface area contributed by atoms with Gasteiger partial charge in [0, 0.05) is 35.5 Å². The zero-order chi connectivity index (χ0) is 14.8. The second kappa shape index (κ2) is 5.85. The molecule has 3 aromatic rings. The van der Waals surface area contributed by atoms with Gasteiger partial charge in [-0.15, -0.1) is 0 Å². The van der Waals surface area contributed by atoms with Gasteiger partial charge in [0.1, 0.15) is 0 Å². The number of anilines is 1. The molecule has 0 atom stereocenters. The monoisotopic (exact) mass is 293 g/mol. The van der Waals surface area contributed by atoms with E-state index in [-0.39, 0.29) is 0 Å². The maximum atomic E-state index is 5.82. The second-order valence-electron chi connectivity index (χ2n) is 5.96. The summed E-state index contributed by atoms with van der Waals surface area (Å²) >= 11 is 0. The molecule has 112 valence electrons. The van der Waals surface area contributed by atoms with Crippen LogP contribution >= 0.6 is 0 Å². The van der Waals surface area contributed by atoms with Crippen LogP contribution in [-0.4, -0.2) is 19.7 Å². The van der Waals surface area contributed by atoms with Gasteiger partial charge in [0.25, 0.3) is 0 Å². The maximum absolute atomic E-state index is 5.82. The van der Waals surface area contributed by atoms with Crippen molar-refractivity contribution in [1.82, 2.24) is 0 Å². The average molecular weight is 293 g/mol. The second-order valence-corrected chi connectivity index (χ2v) is 5.96. The van der Waals surface area contributed by atoms with Crippen LogP contribution in [0.1, 0.15) is 5.56 Å². The Morgan fingerprint density at radius 1 is 1.00 bits per heavy atom. The van der Waals surface area contributed by atoms with Gasteiger partial charge in [-0.05, 0) is 23.8 Å². The number of nitrogens with zero attached hydrogens (tertiary/aromatic N) is 1. The van der Waals surface area contributed by atoms with E-state index in [0.29, 0.717) is 12.5 Å². The lowest BCUT2D eigenvalue weighted by Gasteiger charge is -2.41. The normalized spacial score (nSPS) is 15.2. The molecule has 0 spiro atoms. The number of hydrogen-bond donors (Lipinski definition) is 0. The summed E-state index contributed by atoms with van der Waals surface area (Å²) in [6, 6.07) is 16.8. The summed E-state index contributed by atoms with van der Waals surface area (Å²) in [4.78, 5) is 2.39. The van der Waals surface area contributed by atoms with Gasteiger partial charge in [-0.3, -0.25) is 0 Å². The third-order valence-electron chi connectivity index (χ3n) is 4.25. The summed E-state index contributed by atoms with van der Waals surface area (Å²) in [5.41, 5.74) is 2.51. The van der Waals surface area contributed by atoms with Crippen molar-refractivity contribution in [2.45, 2.75) is 6.61 Å². The first-order valence-corrected chi connectivity index (χ1v) is 7.71. The van der Waals surface area contributed by atoms with Gasteiger partial charge in [0.15, 0.2) is 0 Å². The number of rotatable bonds is 5. The molecule has 1 aromatic heterocycles. The molecular weight excluding hydrogens is 274 g/mol. The van der Waals surface area contributed by atoms with Crippen LogP contribution in [0.25, 0.3) is 10.8 Å². The van der Waals surface area contributed by atoms with E-state index in [2.05, 4.69) is 47.4 Å². The highest BCUT2D eigenvalue weighted by atomic mass is 16.5. The van der Waals surface area contributed by atoms with Crippen molar-refractivity contribution in [1.29, 1.82) is 0 Å². The fraction of sp³-hybridized carbons (Fsp3) is 0.263. The standard InChI is InChI=1S/C19H19NO2/c1-2-4-15(5-3-1)11-21-12-16-9-20(10-16)19-7-6-17-13-22-14-18(17)8-19/h1-8,13-14,16H,9-12H2.